The fourth-order valence-electron chi connectivity index (χ4n) is 3.62. The van der Waals surface area contributed by atoms with Crippen molar-refractivity contribution in [1.29, 1.82) is 0 Å². The van der Waals surface area contributed by atoms with Gasteiger partial charge in [-0.2, -0.15) is 0 Å². The predicted molar refractivity (Wildman–Crippen MR) is 115 cm³/mol. The summed E-state index contributed by atoms with van der Waals surface area (Å²) in [7, 11) is 0. The lowest BCUT2D eigenvalue weighted by molar-refractivity contribution is -0.0331. The van der Waals surface area contributed by atoms with E-state index < -0.39 is 6.29 Å². The van der Waals surface area contributed by atoms with Gasteiger partial charge in [-0.15, -0.1) is 0 Å². The van der Waals surface area contributed by atoms with Crippen LogP contribution in [0.4, 0.5) is 0 Å². The molecule has 1 heterocycles. The topological polar surface area (TPSA) is 30.5 Å². The third-order valence-corrected chi connectivity index (χ3v) is 6.31. The number of ether oxygens (including phenoxy) is 2. The van der Waals surface area contributed by atoms with Gasteiger partial charge in [-0.25, -0.2) is 0 Å². The molecule has 1 fully saturated rings. The SMILES string of the molecule is Clc1cccc(Cl)c1C1=C(NC2CCCCC2)OC(c2c(Cl)cccc2Cl)O1. The maximum atomic E-state index is 6.44. The molecule has 0 radical (unpaired) electrons. The molecule has 1 saturated carbocycles. The molecule has 2 aromatic carbocycles. The van der Waals surface area contributed by atoms with Crippen molar-refractivity contribution >= 4 is 52.2 Å². The van der Waals surface area contributed by atoms with Crippen LogP contribution in [-0.4, -0.2) is 6.04 Å². The van der Waals surface area contributed by atoms with Crippen molar-refractivity contribution in [2.75, 3.05) is 0 Å². The molecule has 1 aliphatic carbocycles. The Bertz CT molecular complexity index is 869. The summed E-state index contributed by atoms with van der Waals surface area (Å²) in [6.45, 7) is 0. The van der Waals surface area contributed by atoms with Crippen molar-refractivity contribution in [2.24, 2.45) is 0 Å². The molecular formula is C21H19Cl4NO2. The van der Waals surface area contributed by atoms with Crippen LogP contribution in [0.15, 0.2) is 42.3 Å². The summed E-state index contributed by atoms with van der Waals surface area (Å²) in [5.41, 5.74) is 1.17. The van der Waals surface area contributed by atoms with Crippen molar-refractivity contribution in [3.8, 4) is 0 Å². The molecule has 0 aromatic heterocycles. The quantitative estimate of drug-likeness (QED) is 0.511. The molecule has 1 atom stereocenters. The van der Waals surface area contributed by atoms with E-state index in [-0.39, 0.29) is 0 Å². The standard InChI is InChI=1S/C21H19Cl4NO2/c22-13-8-4-9-14(23)17(13)19-20(26-12-6-2-1-3-7-12)28-21(27-19)18-15(24)10-5-11-16(18)25/h4-5,8-12,21,26H,1-3,6-7H2. The molecule has 2 aromatic rings. The number of rotatable bonds is 4. The summed E-state index contributed by atoms with van der Waals surface area (Å²) in [5.74, 6) is 0.991. The minimum Gasteiger partial charge on any atom is -0.444 e. The van der Waals surface area contributed by atoms with E-state index in [1.165, 1.54) is 19.3 Å². The van der Waals surface area contributed by atoms with Gasteiger partial charge in [0.05, 0.1) is 31.2 Å². The molecule has 7 heteroatoms. The lowest BCUT2D eigenvalue weighted by Gasteiger charge is -2.24. The third-order valence-electron chi connectivity index (χ3n) is 5.02. The zero-order chi connectivity index (χ0) is 19.7. The molecule has 1 unspecified atom stereocenters. The summed E-state index contributed by atoms with van der Waals surface area (Å²) in [6, 6.07) is 10.9. The molecule has 3 nitrogen and oxygen atoms in total. The molecule has 2 aliphatic rings. The average Bonchev–Trinajstić information content (AvgIpc) is 3.05. The van der Waals surface area contributed by atoms with Gasteiger partial charge >= 0.3 is 0 Å². The molecular weight excluding hydrogens is 440 g/mol. The minimum atomic E-state index is -0.783. The number of hydrogen-bond donors (Lipinski definition) is 1. The first kappa shape index (κ1) is 20.0. The second-order valence-corrected chi connectivity index (χ2v) is 8.57. The van der Waals surface area contributed by atoms with Gasteiger partial charge in [-0.3, -0.25) is 0 Å². The highest BCUT2D eigenvalue weighted by Gasteiger charge is 2.35. The second kappa shape index (κ2) is 8.62. The van der Waals surface area contributed by atoms with Gasteiger partial charge < -0.3 is 14.8 Å². The van der Waals surface area contributed by atoms with Crippen LogP contribution in [-0.2, 0) is 9.47 Å². The van der Waals surface area contributed by atoms with Gasteiger partial charge in [-0.05, 0) is 37.1 Å². The van der Waals surface area contributed by atoms with Crippen molar-refractivity contribution in [2.45, 2.75) is 44.4 Å². The van der Waals surface area contributed by atoms with Gasteiger partial charge in [0.25, 0.3) is 6.29 Å². The van der Waals surface area contributed by atoms with Crippen molar-refractivity contribution < 1.29 is 9.47 Å². The molecule has 148 valence electrons. The first-order valence-electron chi connectivity index (χ1n) is 9.27. The van der Waals surface area contributed by atoms with Crippen LogP contribution in [0.25, 0.3) is 5.76 Å². The van der Waals surface area contributed by atoms with E-state index in [9.17, 15) is 0 Å². The van der Waals surface area contributed by atoms with E-state index >= 15 is 0 Å². The number of nitrogens with one attached hydrogen (secondary N) is 1. The average molecular weight is 459 g/mol. The molecule has 1 N–H and O–H groups in total. The van der Waals surface area contributed by atoms with Gasteiger partial charge in [0.1, 0.15) is 0 Å². The lowest BCUT2D eigenvalue weighted by atomic mass is 9.95. The van der Waals surface area contributed by atoms with E-state index in [0.29, 0.717) is 48.9 Å². The summed E-state index contributed by atoms with van der Waals surface area (Å²) >= 11 is 25.6. The van der Waals surface area contributed by atoms with Gasteiger partial charge in [0.15, 0.2) is 5.76 Å². The molecule has 4 rings (SSSR count). The first-order chi connectivity index (χ1) is 13.5. The molecule has 28 heavy (non-hydrogen) atoms. The zero-order valence-electron chi connectivity index (χ0n) is 15.0. The number of hydrogen-bond acceptors (Lipinski definition) is 3. The largest absolute Gasteiger partial charge is 0.444 e. The highest BCUT2D eigenvalue weighted by molar-refractivity contribution is 6.37. The van der Waals surface area contributed by atoms with E-state index in [0.717, 1.165) is 12.8 Å². The molecule has 0 bridgehead atoms. The molecule has 0 spiro atoms. The zero-order valence-corrected chi connectivity index (χ0v) is 18.0. The fourth-order valence-corrected chi connectivity index (χ4v) is 4.76. The Morgan fingerprint density at radius 3 is 1.93 bits per heavy atom. The smallest absolute Gasteiger partial charge is 0.272 e. The normalized spacial score (nSPS) is 20.1. The van der Waals surface area contributed by atoms with Crippen molar-refractivity contribution in [3.63, 3.8) is 0 Å². The van der Waals surface area contributed by atoms with Crippen molar-refractivity contribution in [1.82, 2.24) is 5.32 Å². The Morgan fingerprint density at radius 1 is 0.750 bits per heavy atom. The minimum absolute atomic E-state index is 0.309. The van der Waals surface area contributed by atoms with E-state index in [1.54, 1.807) is 36.4 Å². The Kier molecular flexibility index (Phi) is 6.17. The lowest BCUT2D eigenvalue weighted by Crippen LogP contribution is -2.31. The summed E-state index contributed by atoms with van der Waals surface area (Å²) in [5, 5.41) is 5.41. The second-order valence-electron chi connectivity index (χ2n) is 6.94. The first-order valence-corrected chi connectivity index (χ1v) is 10.8. The summed E-state index contributed by atoms with van der Waals surface area (Å²) < 4.78 is 12.3. The van der Waals surface area contributed by atoms with Crippen LogP contribution < -0.4 is 5.32 Å². The highest BCUT2D eigenvalue weighted by atomic mass is 35.5. The van der Waals surface area contributed by atoms with E-state index in [4.69, 9.17) is 55.9 Å². The summed E-state index contributed by atoms with van der Waals surface area (Å²) in [6.07, 6.45) is 5.01. The molecule has 1 aliphatic heterocycles. The summed E-state index contributed by atoms with van der Waals surface area (Å²) in [4.78, 5) is 0. The monoisotopic (exact) mass is 457 g/mol. The Balaban J connectivity index is 1.71. The maximum absolute atomic E-state index is 6.44. The van der Waals surface area contributed by atoms with Crippen LogP contribution in [0.5, 0.6) is 0 Å². The molecule has 0 amide bonds. The highest BCUT2D eigenvalue weighted by Crippen LogP contribution is 2.45. The van der Waals surface area contributed by atoms with Crippen molar-refractivity contribution in [3.05, 3.63) is 73.5 Å². The van der Waals surface area contributed by atoms with Crippen LogP contribution >= 0.6 is 46.4 Å². The third kappa shape index (κ3) is 4.04. The van der Waals surface area contributed by atoms with Crippen LogP contribution in [0.2, 0.25) is 20.1 Å². The Morgan fingerprint density at radius 2 is 1.32 bits per heavy atom. The van der Waals surface area contributed by atoms with Gasteiger partial charge in [0.2, 0.25) is 5.88 Å². The van der Waals surface area contributed by atoms with Crippen LogP contribution in [0.1, 0.15) is 49.5 Å². The van der Waals surface area contributed by atoms with Crippen LogP contribution in [0, 0.1) is 0 Å². The maximum Gasteiger partial charge on any atom is 0.272 e. The van der Waals surface area contributed by atoms with Crippen LogP contribution in [0.3, 0.4) is 0 Å². The molecule has 0 saturated heterocycles. The predicted octanol–water partition coefficient (Wildman–Crippen LogP) is 7.59. The van der Waals surface area contributed by atoms with E-state index in [1.807, 2.05) is 0 Å². The Labute approximate surface area is 184 Å². The van der Waals surface area contributed by atoms with Gasteiger partial charge in [0, 0.05) is 6.04 Å². The van der Waals surface area contributed by atoms with Gasteiger partial charge in [-0.1, -0.05) is 77.8 Å². The number of halogens is 4. The number of benzene rings is 2. The van der Waals surface area contributed by atoms with E-state index in [2.05, 4.69) is 5.32 Å². The fraction of sp³-hybridized carbons (Fsp3) is 0.333. The Hall–Kier alpha value is -1.26.